The number of carboxylic acid groups (broad SMARTS) is 1. The van der Waals surface area contributed by atoms with Crippen molar-refractivity contribution in [1.29, 1.82) is 0 Å². The van der Waals surface area contributed by atoms with Crippen molar-refractivity contribution >= 4 is 23.2 Å². The van der Waals surface area contributed by atoms with Crippen molar-refractivity contribution in [3.8, 4) is 0 Å². The molecule has 1 fully saturated rings. The predicted molar refractivity (Wildman–Crippen MR) is 74.3 cm³/mol. The fourth-order valence-electron chi connectivity index (χ4n) is 2.54. The molecule has 0 aromatic carbocycles. The molecule has 0 saturated carbocycles. The van der Waals surface area contributed by atoms with Crippen molar-refractivity contribution in [3.63, 3.8) is 0 Å². The van der Waals surface area contributed by atoms with Crippen LogP contribution in [0.3, 0.4) is 0 Å². The van der Waals surface area contributed by atoms with Crippen LogP contribution in [0.4, 0.5) is 0 Å². The molecule has 1 unspecified atom stereocenters. The van der Waals surface area contributed by atoms with E-state index in [0.29, 0.717) is 13.1 Å². The summed E-state index contributed by atoms with van der Waals surface area (Å²) in [6.07, 6.45) is 1.82. The van der Waals surface area contributed by atoms with Crippen molar-refractivity contribution in [1.82, 2.24) is 4.90 Å². The molecule has 1 aliphatic heterocycles. The Hall–Kier alpha value is -1.36. The first-order valence-electron chi connectivity index (χ1n) is 6.60. The first kappa shape index (κ1) is 14.1. The standard InChI is InChI=1S/C14H19NO3S/c1-10(12-4-7-19-9-12)14(18)15-5-2-11(3-6-15)8-13(16)17/h4,7,9-11H,2-3,5-6,8H2,1H3,(H,16,17). The molecule has 1 amide bonds. The van der Waals surface area contributed by atoms with Gasteiger partial charge in [0, 0.05) is 19.5 Å². The Morgan fingerprint density at radius 1 is 1.47 bits per heavy atom. The van der Waals surface area contributed by atoms with Crippen LogP contribution >= 0.6 is 11.3 Å². The van der Waals surface area contributed by atoms with E-state index in [1.54, 1.807) is 11.3 Å². The molecule has 1 aromatic rings. The largest absolute Gasteiger partial charge is 0.481 e. The molecule has 1 N–H and O–H groups in total. The van der Waals surface area contributed by atoms with Crippen LogP contribution in [-0.4, -0.2) is 35.0 Å². The lowest BCUT2D eigenvalue weighted by atomic mass is 9.92. The number of amides is 1. The molecule has 2 heterocycles. The molecular formula is C14H19NO3S. The summed E-state index contributed by atoms with van der Waals surface area (Å²) in [5.74, 6) is -0.455. The minimum absolute atomic E-state index is 0.0951. The van der Waals surface area contributed by atoms with Gasteiger partial charge in [-0.1, -0.05) is 0 Å². The van der Waals surface area contributed by atoms with Crippen molar-refractivity contribution in [3.05, 3.63) is 22.4 Å². The van der Waals surface area contributed by atoms with Gasteiger partial charge in [0.2, 0.25) is 5.91 Å². The first-order valence-corrected chi connectivity index (χ1v) is 7.55. The number of hydrogen-bond acceptors (Lipinski definition) is 3. The zero-order chi connectivity index (χ0) is 13.8. The summed E-state index contributed by atoms with van der Waals surface area (Å²) in [5.41, 5.74) is 1.07. The highest BCUT2D eigenvalue weighted by molar-refractivity contribution is 7.08. The Labute approximate surface area is 117 Å². The van der Waals surface area contributed by atoms with Crippen LogP contribution in [0.2, 0.25) is 0 Å². The van der Waals surface area contributed by atoms with E-state index in [4.69, 9.17) is 5.11 Å². The van der Waals surface area contributed by atoms with E-state index in [-0.39, 0.29) is 24.2 Å². The SMILES string of the molecule is CC(C(=O)N1CCC(CC(=O)O)CC1)c1ccsc1. The normalized spacial score (nSPS) is 18.3. The number of hydrogen-bond donors (Lipinski definition) is 1. The Morgan fingerprint density at radius 3 is 2.68 bits per heavy atom. The highest BCUT2D eigenvalue weighted by Crippen LogP contribution is 2.25. The number of carbonyl (C=O) groups excluding carboxylic acids is 1. The Morgan fingerprint density at radius 2 is 2.16 bits per heavy atom. The highest BCUT2D eigenvalue weighted by Gasteiger charge is 2.27. The number of thiophene rings is 1. The Bertz CT molecular complexity index is 436. The van der Waals surface area contributed by atoms with Gasteiger partial charge in [-0.15, -0.1) is 0 Å². The molecule has 1 aliphatic rings. The van der Waals surface area contributed by atoms with Crippen LogP contribution in [0.5, 0.6) is 0 Å². The van der Waals surface area contributed by atoms with Gasteiger partial charge in [-0.3, -0.25) is 9.59 Å². The maximum absolute atomic E-state index is 12.3. The molecule has 1 aromatic heterocycles. The van der Waals surface area contributed by atoms with Gasteiger partial charge in [-0.2, -0.15) is 11.3 Å². The van der Waals surface area contributed by atoms with Gasteiger partial charge >= 0.3 is 5.97 Å². The number of aliphatic carboxylic acids is 1. The summed E-state index contributed by atoms with van der Waals surface area (Å²) in [5, 5.41) is 12.8. The topological polar surface area (TPSA) is 57.6 Å². The zero-order valence-electron chi connectivity index (χ0n) is 11.0. The molecule has 0 spiro atoms. The third-order valence-electron chi connectivity index (χ3n) is 3.80. The highest BCUT2D eigenvalue weighted by atomic mass is 32.1. The van der Waals surface area contributed by atoms with Gasteiger partial charge in [-0.05, 0) is 48.1 Å². The summed E-state index contributed by atoms with van der Waals surface area (Å²) >= 11 is 1.60. The maximum Gasteiger partial charge on any atom is 0.303 e. The quantitative estimate of drug-likeness (QED) is 0.922. The average molecular weight is 281 g/mol. The maximum atomic E-state index is 12.3. The molecule has 0 bridgehead atoms. The van der Waals surface area contributed by atoms with Gasteiger partial charge in [0.05, 0.1) is 5.92 Å². The molecule has 0 radical (unpaired) electrons. The third kappa shape index (κ3) is 3.56. The van der Waals surface area contributed by atoms with E-state index in [0.717, 1.165) is 18.4 Å². The van der Waals surface area contributed by atoms with Crippen molar-refractivity contribution in [2.45, 2.75) is 32.1 Å². The van der Waals surface area contributed by atoms with Crippen molar-refractivity contribution in [2.24, 2.45) is 5.92 Å². The van der Waals surface area contributed by atoms with E-state index in [1.165, 1.54) is 0 Å². The molecular weight excluding hydrogens is 262 g/mol. The molecule has 1 atom stereocenters. The second kappa shape index (κ2) is 6.19. The smallest absolute Gasteiger partial charge is 0.303 e. The summed E-state index contributed by atoms with van der Waals surface area (Å²) in [6.45, 7) is 3.31. The summed E-state index contributed by atoms with van der Waals surface area (Å²) < 4.78 is 0. The first-order chi connectivity index (χ1) is 9.08. The van der Waals surface area contributed by atoms with E-state index < -0.39 is 5.97 Å². The lowest BCUT2D eigenvalue weighted by Crippen LogP contribution is -2.40. The summed E-state index contributed by atoms with van der Waals surface area (Å²) in [6, 6.07) is 1.99. The monoisotopic (exact) mass is 281 g/mol. The van der Waals surface area contributed by atoms with Crippen molar-refractivity contribution in [2.75, 3.05) is 13.1 Å². The number of piperidine rings is 1. The Balaban J connectivity index is 1.87. The number of nitrogens with zero attached hydrogens (tertiary/aromatic N) is 1. The van der Waals surface area contributed by atoms with Crippen LogP contribution in [0, 0.1) is 5.92 Å². The molecule has 0 aliphatic carbocycles. The summed E-state index contributed by atoms with van der Waals surface area (Å²) in [7, 11) is 0. The number of rotatable bonds is 4. The van der Waals surface area contributed by atoms with E-state index in [9.17, 15) is 9.59 Å². The third-order valence-corrected chi connectivity index (χ3v) is 4.50. The summed E-state index contributed by atoms with van der Waals surface area (Å²) in [4.78, 5) is 24.9. The van der Waals surface area contributed by atoms with Gasteiger partial charge in [-0.25, -0.2) is 0 Å². The van der Waals surface area contributed by atoms with Gasteiger partial charge in [0.25, 0.3) is 0 Å². The average Bonchev–Trinajstić information content (AvgIpc) is 2.91. The van der Waals surface area contributed by atoms with Gasteiger partial charge in [0.15, 0.2) is 0 Å². The second-order valence-corrected chi connectivity index (χ2v) is 5.92. The van der Waals surface area contributed by atoms with Crippen LogP contribution in [0.15, 0.2) is 16.8 Å². The lowest BCUT2D eigenvalue weighted by Gasteiger charge is -2.33. The van der Waals surface area contributed by atoms with Crippen LogP contribution in [-0.2, 0) is 9.59 Å². The molecule has 2 rings (SSSR count). The molecule has 1 saturated heterocycles. The van der Waals surface area contributed by atoms with Crippen LogP contribution < -0.4 is 0 Å². The number of likely N-dealkylation sites (tertiary alicyclic amines) is 1. The van der Waals surface area contributed by atoms with Crippen LogP contribution in [0.1, 0.15) is 37.7 Å². The fraction of sp³-hybridized carbons (Fsp3) is 0.571. The van der Waals surface area contributed by atoms with E-state index in [1.807, 2.05) is 28.7 Å². The number of carbonyl (C=O) groups is 2. The van der Waals surface area contributed by atoms with Gasteiger partial charge in [0.1, 0.15) is 0 Å². The predicted octanol–water partition coefficient (Wildman–Crippen LogP) is 2.56. The fourth-order valence-corrected chi connectivity index (χ4v) is 3.30. The zero-order valence-corrected chi connectivity index (χ0v) is 11.9. The van der Waals surface area contributed by atoms with Crippen molar-refractivity contribution < 1.29 is 14.7 Å². The Kier molecular flexibility index (Phi) is 4.58. The molecule has 104 valence electrons. The van der Waals surface area contributed by atoms with Gasteiger partial charge < -0.3 is 10.0 Å². The number of carboxylic acids is 1. The molecule has 4 nitrogen and oxygen atoms in total. The molecule has 5 heteroatoms. The van der Waals surface area contributed by atoms with E-state index in [2.05, 4.69) is 0 Å². The molecule has 19 heavy (non-hydrogen) atoms. The minimum Gasteiger partial charge on any atom is -0.481 e. The lowest BCUT2D eigenvalue weighted by molar-refractivity contribution is -0.138. The van der Waals surface area contributed by atoms with E-state index >= 15 is 0 Å². The second-order valence-electron chi connectivity index (χ2n) is 5.14. The van der Waals surface area contributed by atoms with Crippen LogP contribution in [0.25, 0.3) is 0 Å². The minimum atomic E-state index is -0.739.